The van der Waals surface area contributed by atoms with Crippen molar-refractivity contribution >= 4 is 29.1 Å². The van der Waals surface area contributed by atoms with Gasteiger partial charge in [-0.2, -0.15) is 4.68 Å². The first-order chi connectivity index (χ1) is 23.2. The second kappa shape index (κ2) is 18.2. The maximum absolute atomic E-state index is 13.7. The number of para-hydroxylation sites is 3. The molecule has 4 aromatic rings. The highest BCUT2D eigenvalue weighted by atomic mass is 32.2. The van der Waals surface area contributed by atoms with Crippen LogP contribution in [0.1, 0.15) is 105 Å². The second-order valence-corrected chi connectivity index (χ2v) is 13.0. The molecule has 1 unspecified atom stereocenters. The van der Waals surface area contributed by atoms with Crippen molar-refractivity contribution in [1.29, 1.82) is 0 Å². The van der Waals surface area contributed by atoms with E-state index in [2.05, 4.69) is 27.8 Å². The van der Waals surface area contributed by atoms with Crippen LogP contribution in [0.5, 0.6) is 5.75 Å². The third-order valence-electron chi connectivity index (χ3n) is 8.38. The molecule has 0 radical (unpaired) electrons. The largest absolute Gasteiger partial charge is 0.491 e. The van der Waals surface area contributed by atoms with Gasteiger partial charge < -0.3 is 10.1 Å². The van der Waals surface area contributed by atoms with Gasteiger partial charge in [-0.25, -0.2) is 0 Å². The lowest BCUT2D eigenvalue weighted by Gasteiger charge is -2.23. The third kappa shape index (κ3) is 9.64. The fourth-order valence-corrected chi connectivity index (χ4v) is 6.89. The summed E-state index contributed by atoms with van der Waals surface area (Å²) in [6, 6.07) is 24.4. The van der Waals surface area contributed by atoms with Crippen LogP contribution >= 0.6 is 11.8 Å². The number of ether oxygens (including phenoxy) is 1. The van der Waals surface area contributed by atoms with Gasteiger partial charge in [0.1, 0.15) is 5.75 Å². The standard InChI is InChI=1S/C38H45N5O3S/c1-2-3-4-5-6-7-8-9-10-11-12-20-27-46-34-26-19-18-25-33(34)39-37(45)32-28-35(30-23-16-17-24-31(30)36(32)44)47-38-40-41-42-43(38)29-21-14-13-15-22-29/h13-19,21-26,28,35H,2-12,20,27H2,1H3,(H,39,45). The number of rotatable bonds is 19. The molecule has 0 fully saturated rings. The Kier molecular flexibility index (Phi) is 13.2. The summed E-state index contributed by atoms with van der Waals surface area (Å²) >= 11 is 1.39. The summed E-state index contributed by atoms with van der Waals surface area (Å²) in [5.74, 6) is -0.187. The SMILES string of the molecule is CCCCCCCCCCCCCCOc1ccccc1NC(=O)C1=CC(Sc2nnnn2-c2ccccc2)c2ccccc2C1=O. The quantitative estimate of drug-likeness (QED) is 0.0797. The average Bonchev–Trinajstić information content (AvgIpc) is 3.57. The normalized spacial score (nSPS) is 14.0. The lowest BCUT2D eigenvalue weighted by Crippen LogP contribution is -2.25. The summed E-state index contributed by atoms with van der Waals surface area (Å²) in [5, 5.41) is 15.4. The van der Waals surface area contributed by atoms with E-state index in [1.165, 1.54) is 76.0 Å². The molecule has 47 heavy (non-hydrogen) atoms. The smallest absolute Gasteiger partial charge is 0.259 e. The summed E-state index contributed by atoms with van der Waals surface area (Å²) in [6.45, 7) is 2.84. The second-order valence-electron chi connectivity index (χ2n) is 11.9. The summed E-state index contributed by atoms with van der Waals surface area (Å²) in [6.07, 6.45) is 17.1. The summed E-state index contributed by atoms with van der Waals surface area (Å²) in [4.78, 5) is 27.2. The zero-order valence-electron chi connectivity index (χ0n) is 27.3. The monoisotopic (exact) mass is 651 g/mol. The van der Waals surface area contributed by atoms with Crippen LogP contribution < -0.4 is 10.1 Å². The maximum atomic E-state index is 13.7. The molecular formula is C38H45N5O3S. The number of unbranched alkanes of at least 4 members (excludes halogenated alkanes) is 11. The Hall–Kier alpha value is -4.24. The Morgan fingerprint density at radius 2 is 1.45 bits per heavy atom. The van der Waals surface area contributed by atoms with Crippen molar-refractivity contribution in [1.82, 2.24) is 20.2 Å². The van der Waals surface area contributed by atoms with Crippen molar-refractivity contribution in [2.75, 3.05) is 11.9 Å². The van der Waals surface area contributed by atoms with E-state index in [0.29, 0.717) is 28.8 Å². The van der Waals surface area contributed by atoms with Crippen molar-refractivity contribution in [3.8, 4) is 11.4 Å². The molecule has 1 aliphatic carbocycles. The Labute approximate surface area is 282 Å². The number of thioether (sulfide) groups is 1. The number of hydrogen-bond donors (Lipinski definition) is 1. The molecule has 3 aromatic carbocycles. The van der Waals surface area contributed by atoms with E-state index >= 15 is 0 Å². The van der Waals surface area contributed by atoms with E-state index in [1.807, 2.05) is 66.7 Å². The summed E-state index contributed by atoms with van der Waals surface area (Å²) < 4.78 is 7.75. The van der Waals surface area contributed by atoms with Crippen LogP contribution in [0.15, 0.2) is 95.7 Å². The number of tetrazole rings is 1. The highest BCUT2D eigenvalue weighted by molar-refractivity contribution is 7.99. The van der Waals surface area contributed by atoms with Crippen LogP contribution in [0.4, 0.5) is 5.69 Å². The van der Waals surface area contributed by atoms with Crippen molar-refractivity contribution < 1.29 is 14.3 Å². The molecule has 1 atom stereocenters. The maximum Gasteiger partial charge on any atom is 0.259 e. The van der Waals surface area contributed by atoms with E-state index in [1.54, 1.807) is 22.9 Å². The van der Waals surface area contributed by atoms with Gasteiger partial charge in [-0.05, 0) is 52.8 Å². The predicted octanol–water partition coefficient (Wildman–Crippen LogP) is 9.34. The van der Waals surface area contributed by atoms with E-state index in [0.717, 1.165) is 24.1 Å². The number of anilines is 1. The van der Waals surface area contributed by atoms with E-state index < -0.39 is 5.91 Å². The molecule has 0 saturated heterocycles. The van der Waals surface area contributed by atoms with Gasteiger partial charge in [-0.3, -0.25) is 9.59 Å². The number of nitrogens with zero attached hydrogens (tertiary/aromatic N) is 4. The number of fused-ring (bicyclic) bond motifs is 1. The van der Waals surface area contributed by atoms with Gasteiger partial charge in [0.2, 0.25) is 5.16 Å². The fraction of sp³-hybridized carbons (Fsp3) is 0.395. The molecule has 9 heteroatoms. The first-order valence-corrected chi connectivity index (χ1v) is 17.9. The number of amides is 1. The molecule has 1 amide bonds. The van der Waals surface area contributed by atoms with E-state index in [9.17, 15) is 9.59 Å². The lowest BCUT2D eigenvalue weighted by molar-refractivity contribution is -0.112. The molecule has 1 aliphatic rings. The lowest BCUT2D eigenvalue weighted by atomic mass is 9.89. The third-order valence-corrected chi connectivity index (χ3v) is 9.49. The first-order valence-electron chi connectivity index (χ1n) is 17.0. The molecule has 5 rings (SSSR count). The van der Waals surface area contributed by atoms with Gasteiger partial charge in [-0.15, -0.1) is 5.10 Å². The number of carbonyl (C=O) groups excluding carboxylic acids is 2. The Balaban J connectivity index is 1.16. The molecule has 1 N–H and O–H groups in total. The van der Waals surface area contributed by atoms with E-state index in [-0.39, 0.29) is 16.6 Å². The van der Waals surface area contributed by atoms with Crippen LogP contribution in [0.25, 0.3) is 5.69 Å². The molecule has 246 valence electrons. The fourth-order valence-electron chi connectivity index (χ4n) is 5.80. The Morgan fingerprint density at radius 3 is 2.19 bits per heavy atom. The highest BCUT2D eigenvalue weighted by Gasteiger charge is 2.32. The van der Waals surface area contributed by atoms with Crippen molar-refractivity contribution in [2.45, 2.75) is 94.4 Å². The number of ketones is 1. The minimum Gasteiger partial charge on any atom is -0.491 e. The number of nitrogens with one attached hydrogen (secondary N) is 1. The zero-order chi connectivity index (χ0) is 32.7. The van der Waals surface area contributed by atoms with Gasteiger partial charge in [-0.1, -0.05) is 144 Å². The molecule has 0 saturated carbocycles. The number of aromatic nitrogens is 4. The zero-order valence-corrected chi connectivity index (χ0v) is 28.1. The van der Waals surface area contributed by atoms with Crippen LogP contribution in [-0.2, 0) is 4.79 Å². The topological polar surface area (TPSA) is 99.0 Å². The van der Waals surface area contributed by atoms with Gasteiger partial charge in [0.05, 0.1) is 28.8 Å². The van der Waals surface area contributed by atoms with Crippen molar-refractivity contribution in [2.24, 2.45) is 0 Å². The molecular weight excluding hydrogens is 607 g/mol. The van der Waals surface area contributed by atoms with Crippen LogP contribution in [-0.4, -0.2) is 38.5 Å². The van der Waals surface area contributed by atoms with Gasteiger partial charge in [0.15, 0.2) is 5.78 Å². The molecule has 0 aliphatic heterocycles. The first kappa shape index (κ1) is 34.1. The number of hydrogen-bond acceptors (Lipinski definition) is 7. The summed E-state index contributed by atoms with van der Waals surface area (Å²) in [7, 11) is 0. The summed E-state index contributed by atoms with van der Waals surface area (Å²) in [5.41, 5.74) is 2.75. The van der Waals surface area contributed by atoms with E-state index in [4.69, 9.17) is 4.74 Å². The van der Waals surface area contributed by atoms with Gasteiger partial charge in [0.25, 0.3) is 5.91 Å². The highest BCUT2D eigenvalue weighted by Crippen LogP contribution is 2.42. The number of Topliss-reactive ketones (excluding diaryl/α,β-unsaturated/α-hetero) is 1. The predicted molar refractivity (Wildman–Crippen MR) is 188 cm³/mol. The van der Waals surface area contributed by atoms with Crippen molar-refractivity contribution in [3.05, 3.63) is 102 Å². The molecule has 8 nitrogen and oxygen atoms in total. The average molecular weight is 652 g/mol. The number of carbonyl (C=O) groups is 2. The van der Waals surface area contributed by atoms with Crippen LogP contribution in [0.2, 0.25) is 0 Å². The van der Waals surface area contributed by atoms with Gasteiger partial charge in [0, 0.05) is 5.56 Å². The molecule has 1 heterocycles. The minimum absolute atomic E-state index is 0.0794. The Morgan fingerprint density at radius 1 is 0.809 bits per heavy atom. The molecule has 1 aromatic heterocycles. The van der Waals surface area contributed by atoms with Crippen LogP contribution in [0.3, 0.4) is 0 Å². The van der Waals surface area contributed by atoms with Crippen molar-refractivity contribution in [3.63, 3.8) is 0 Å². The van der Waals surface area contributed by atoms with Crippen LogP contribution in [0, 0.1) is 0 Å². The molecule has 0 bridgehead atoms. The molecule has 0 spiro atoms. The van der Waals surface area contributed by atoms with Gasteiger partial charge >= 0.3 is 0 Å². The Bertz CT molecular complexity index is 1620. The number of benzene rings is 3. The minimum atomic E-state index is -0.473.